The summed E-state index contributed by atoms with van der Waals surface area (Å²) in [6.07, 6.45) is 4.53. The van der Waals surface area contributed by atoms with Crippen LogP contribution in [0.4, 0.5) is 14.3 Å². The van der Waals surface area contributed by atoms with Gasteiger partial charge in [0.15, 0.2) is 0 Å². The van der Waals surface area contributed by atoms with Gasteiger partial charge in [0.1, 0.15) is 5.76 Å². The second-order valence-electron chi connectivity index (χ2n) is 4.91. The van der Waals surface area contributed by atoms with Crippen LogP contribution in [0.5, 0.6) is 0 Å². The van der Waals surface area contributed by atoms with Gasteiger partial charge in [-0.2, -0.15) is 0 Å². The lowest BCUT2D eigenvalue weighted by atomic mass is 10.1. The summed E-state index contributed by atoms with van der Waals surface area (Å²) < 4.78 is 29.9. The molecule has 0 saturated carbocycles. The van der Waals surface area contributed by atoms with Crippen molar-refractivity contribution in [2.75, 3.05) is 19.0 Å². The molecule has 0 saturated heterocycles. The van der Waals surface area contributed by atoms with Crippen molar-refractivity contribution < 1.29 is 13.3 Å². The molecule has 0 aliphatic rings. The summed E-state index contributed by atoms with van der Waals surface area (Å²) in [5, 5.41) is 0. The van der Waals surface area contributed by atoms with E-state index in [0.717, 1.165) is 11.4 Å². The highest BCUT2D eigenvalue weighted by Crippen LogP contribution is 2.23. The smallest absolute Gasteiger partial charge is 0.505 e. The molecule has 1 aromatic carbocycles. The predicted octanol–water partition coefficient (Wildman–Crippen LogP) is 3.29. The van der Waals surface area contributed by atoms with Gasteiger partial charge in [-0.05, 0) is 31.2 Å². The molecule has 0 aliphatic heterocycles. The Bertz CT molecular complexity index is 643. The van der Waals surface area contributed by atoms with Crippen LogP contribution < -0.4 is 4.90 Å². The Labute approximate surface area is 128 Å². The highest BCUT2D eigenvalue weighted by molar-refractivity contribution is 6.36. The largest absolute Gasteiger partial charge is 0.796 e. The number of aromatic nitrogens is 2. The van der Waals surface area contributed by atoms with Crippen LogP contribution in [0.25, 0.3) is 11.8 Å². The molecule has 0 aliphatic carbocycles. The van der Waals surface area contributed by atoms with Crippen molar-refractivity contribution in [3.05, 3.63) is 53.6 Å². The number of aryl methyl sites for hydroxylation is 1. The Kier molecular flexibility index (Phi) is 5.09. The lowest BCUT2D eigenvalue weighted by molar-refractivity contribution is 0.398. The fourth-order valence-corrected chi connectivity index (χ4v) is 1.82. The molecule has 2 aromatic rings. The van der Waals surface area contributed by atoms with E-state index in [1.807, 2.05) is 31.1 Å². The summed E-state index contributed by atoms with van der Waals surface area (Å²) in [4.78, 5) is 10.1. The van der Waals surface area contributed by atoms with Crippen molar-refractivity contribution in [1.82, 2.24) is 9.97 Å². The highest BCUT2D eigenvalue weighted by Gasteiger charge is 2.20. The quantitative estimate of drug-likeness (QED) is 0.627. The SMILES string of the molecule is Cc1cnc(/C=C(/OB(F)F)c2ccc(N(C)C)cc2)cn1. The topological polar surface area (TPSA) is 38.2 Å². The fraction of sp³-hybridized carbons (Fsp3) is 0.200. The van der Waals surface area contributed by atoms with Gasteiger partial charge in [-0.25, -0.2) is 8.63 Å². The zero-order valence-corrected chi connectivity index (χ0v) is 12.6. The summed E-state index contributed by atoms with van der Waals surface area (Å²) >= 11 is 0. The molecule has 0 atom stereocenters. The lowest BCUT2D eigenvalue weighted by Crippen LogP contribution is -2.08. The Morgan fingerprint density at radius 3 is 2.32 bits per heavy atom. The molecule has 1 aromatic heterocycles. The van der Waals surface area contributed by atoms with Gasteiger partial charge in [0.2, 0.25) is 0 Å². The zero-order chi connectivity index (χ0) is 16.1. The van der Waals surface area contributed by atoms with E-state index in [-0.39, 0.29) is 5.76 Å². The van der Waals surface area contributed by atoms with Gasteiger partial charge in [-0.15, -0.1) is 0 Å². The second-order valence-corrected chi connectivity index (χ2v) is 4.91. The normalized spacial score (nSPS) is 11.2. The molecular weight excluding hydrogens is 287 g/mol. The number of nitrogens with zero attached hydrogens (tertiary/aromatic N) is 3. The number of hydrogen-bond donors (Lipinski definition) is 0. The Balaban J connectivity index is 2.34. The Hall–Kier alpha value is -2.44. The number of benzene rings is 1. The van der Waals surface area contributed by atoms with Crippen molar-refractivity contribution in [1.29, 1.82) is 0 Å². The van der Waals surface area contributed by atoms with Crippen LogP contribution in [0.2, 0.25) is 0 Å². The maximum atomic E-state index is 12.6. The standard InChI is InChI=1S/C15H16BF2N3O/c1-11-9-20-13(10-19-11)8-15(22-16(17)18)12-4-6-14(7-5-12)21(2)3/h4-10H,1-3H3/b15-8+. The third kappa shape index (κ3) is 4.28. The van der Waals surface area contributed by atoms with Gasteiger partial charge in [0.05, 0.1) is 17.6 Å². The van der Waals surface area contributed by atoms with E-state index in [1.54, 1.807) is 25.3 Å². The maximum absolute atomic E-state index is 12.6. The van der Waals surface area contributed by atoms with Gasteiger partial charge in [0, 0.05) is 37.6 Å². The minimum absolute atomic E-state index is 0.0541. The van der Waals surface area contributed by atoms with Crippen molar-refractivity contribution >= 4 is 25.0 Å². The summed E-state index contributed by atoms with van der Waals surface area (Å²) in [6.45, 7) is 1.80. The van der Waals surface area contributed by atoms with Crippen LogP contribution in [-0.2, 0) is 4.65 Å². The van der Waals surface area contributed by atoms with Crippen LogP contribution >= 0.6 is 0 Å². The summed E-state index contributed by atoms with van der Waals surface area (Å²) in [6, 6.07) is 7.12. The number of anilines is 1. The molecule has 114 valence electrons. The minimum Gasteiger partial charge on any atom is -0.505 e. The van der Waals surface area contributed by atoms with Crippen molar-refractivity contribution in [2.45, 2.75) is 6.92 Å². The van der Waals surface area contributed by atoms with E-state index in [4.69, 9.17) is 0 Å². The van der Waals surface area contributed by atoms with Gasteiger partial charge in [-0.1, -0.05) is 0 Å². The van der Waals surface area contributed by atoms with Crippen molar-refractivity contribution in [3.63, 3.8) is 0 Å². The molecule has 0 unspecified atom stereocenters. The van der Waals surface area contributed by atoms with Crippen molar-refractivity contribution in [2.24, 2.45) is 0 Å². The van der Waals surface area contributed by atoms with Gasteiger partial charge in [0.25, 0.3) is 0 Å². The van der Waals surface area contributed by atoms with Crippen LogP contribution in [0, 0.1) is 6.92 Å². The molecule has 0 bridgehead atoms. The first-order valence-corrected chi connectivity index (χ1v) is 6.68. The summed E-state index contributed by atoms with van der Waals surface area (Å²) in [5.41, 5.74) is 2.73. The first-order valence-electron chi connectivity index (χ1n) is 6.68. The van der Waals surface area contributed by atoms with Gasteiger partial charge in [-0.3, -0.25) is 9.97 Å². The number of halogens is 2. The van der Waals surface area contributed by atoms with Gasteiger partial charge >= 0.3 is 7.47 Å². The fourth-order valence-electron chi connectivity index (χ4n) is 1.82. The Morgan fingerprint density at radius 1 is 1.14 bits per heavy atom. The predicted molar refractivity (Wildman–Crippen MR) is 84.5 cm³/mol. The van der Waals surface area contributed by atoms with E-state index in [0.29, 0.717) is 11.3 Å². The Morgan fingerprint density at radius 2 is 1.82 bits per heavy atom. The molecule has 2 rings (SSSR count). The molecule has 4 nitrogen and oxygen atoms in total. The third-order valence-electron chi connectivity index (χ3n) is 2.96. The molecule has 0 spiro atoms. The summed E-state index contributed by atoms with van der Waals surface area (Å²) in [5.74, 6) is 0.0541. The van der Waals surface area contributed by atoms with E-state index >= 15 is 0 Å². The molecule has 7 heteroatoms. The maximum Gasteiger partial charge on any atom is 0.796 e. The van der Waals surface area contributed by atoms with Gasteiger partial charge < -0.3 is 9.55 Å². The lowest BCUT2D eigenvalue weighted by Gasteiger charge is -2.14. The highest BCUT2D eigenvalue weighted by atomic mass is 19.2. The van der Waals surface area contributed by atoms with Crippen molar-refractivity contribution in [3.8, 4) is 0 Å². The number of rotatable bonds is 5. The molecule has 0 N–H and O–H groups in total. The van der Waals surface area contributed by atoms with Crippen LogP contribution in [-0.4, -0.2) is 31.5 Å². The first-order chi connectivity index (χ1) is 10.5. The molecule has 0 amide bonds. The van der Waals surface area contributed by atoms with Crippen LogP contribution in [0.15, 0.2) is 36.7 Å². The zero-order valence-electron chi connectivity index (χ0n) is 12.6. The monoisotopic (exact) mass is 303 g/mol. The van der Waals surface area contributed by atoms with E-state index in [1.165, 1.54) is 12.3 Å². The average molecular weight is 303 g/mol. The first kappa shape index (κ1) is 15.9. The second kappa shape index (κ2) is 7.02. The molecule has 0 radical (unpaired) electrons. The van der Waals surface area contributed by atoms with E-state index < -0.39 is 7.47 Å². The molecule has 0 fully saturated rings. The molecule has 22 heavy (non-hydrogen) atoms. The average Bonchev–Trinajstić information content (AvgIpc) is 2.48. The number of hydrogen-bond acceptors (Lipinski definition) is 4. The minimum atomic E-state index is -2.90. The van der Waals surface area contributed by atoms with E-state index in [9.17, 15) is 8.63 Å². The molecule has 1 heterocycles. The molecular formula is C15H16BF2N3O. The van der Waals surface area contributed by atoms with Crippen LogP contribution in [0.3, 0.4) is 0 Å². The third-order valence-corrected chi connectivity index (χ3v) is 2.96. The summed E-state index contributed by atoms with van der Waals surface area (Å²) in [7, 11) is 0.908. The van der Waals surface area contributed by atoms with E-state index in [2.05, 4.69) is 14.6 Å². The van der Waals surface area contributed by atoms with Crippen LogP contribution in [0.1, 0.15) is 17.0 Å².